The number of nitrogens with two attached hydrogens (primary N) is 1. The maximum absolute atomic E-state index is 13.2. The number of carbonyl (C=O) groups excluding carboxylic acids is 1. The molecular formula is C24H38N4O3. The van der Waals surface area contributed by atoms with E-state index in [0.717, 1.165) is 38.5 Å². The number of ether oxygens (including phenoxy) is 1. The largest absolute Gasteiger partial charge is 0.383 e. The van der Waals surface area contributed by atoms with Gasteiger partial charge in [0.05, 0.1) is 30.1 Å². The fraction of sp³-hybridized carbons (Fsp3) is 0.625. The van der Waals surface area contributed by atoms with Crippen molar-refractivity contribution in [1.82, 2.24) is 14.5 Å². The molecule has 1 unspecified atom stereocenters. The van der Waals surface area contributed by atoms with Gasteiger partial charge < -0.3 is 15.4 Å². The minimum atomic E-state index is -0.298. The van der Waals surface area contributed by atoms with Gasteiger partial charge in [-0.3, -0.25) is 14.2 Å². The summed E-state index contributed by atoms with van der Waals surface area (Å²) in [6.07, 6.45) is 6.35. The van der Waals surface area contributed by atoms with E-state index in [9.17, 15) is 9.59 Å². The maximum Gasteiger partial charge on any atom is 0.261 e. The number of para-hydroxylation sites is 1. The molecule has 1 aromatic heterocycles. The van der Waals surface area contributed by atoms with Crippen LogP contribution >= 0.6 is 0 Å². The van der Waals surface area contributed by atoms with Crippen LogP contribution < -0.4 is 11.3 Å². The molecule has 172 valence electrons. The molecule has 0 radical (unpaired) electrons. The van der Waals surface area contributed by atoms with E-state index in [2.05, 4.69) is 6.92 Å². The van der Waals surface area contributed by atoms with E-state index >= 15 is 0 Å². The van der Waals surface area contributed by atoms with Crippen molar-refractivity contribution in [2.75, 3.05) is 26.8 Å². The summed E-state index contributed by atoms with van der Waals surface area (Å²) in [6.45, 7) is 6.22. The summed E-state index contributed by atoms with van der Waals surface area (Å²) in [5.74, 6) is 0.737. The lowest BCUT2D eigenvalue weighted by atomic mass is 10.1. The first-order valence-corrected chi connectivity index (χ1v) is 11.5. The van der Waals surface area contributed by atoms with Crippen LogP contribution in [-0.2, 0) is 16.1 Å². The van der Waals surface area contributed by atoms with Crippen molar-refractivity contribution in [2.24, 2.45) is 5.73 Å². The van der Waals surface area contributed by atoms with Crippen molar-refractivity contribution in [2.45, 2.75) is 71.4 Å². The van der Waals surface area contributed by atoms with Crippen LogP contribution in [0.4, 0.5) is 0 Å². The van der Waals surface area contributed by atoms with Crippen LogP contribution in [0.2, 0.25) is 0 Å². The lowest BCUT2D eigenvalue weighted by Crippen LogP contribution is -2.38. The average molecular weight is 431 g/mol. The molecule has 7 nitrogen and oxygen atoms in total. The maximum atomic E-state index is 13.2. The molecular weight excluding hydrogens is 392 g/mol. The molecule has 1 aromatic carbocycles. The molecule has 0 fully saturated rings. The topological polar surface area (TPSA) is 90.5 Å². The van der Waals surface area contributed by atoms with Crippen molar-refractivity contribution in [3.63, 3.8) is 0 Å². The second-order valence-electron chi connectivity index (χ2n) is 8.01. The van der Waals surface area contributed by atoms with Crippen molar-refractivity contribution < 1.29 is 9.53 Å². The van der Waals surface area contributed by atoms with Gasteiger partial charge in [-0.1, -0.05) is 38.3 Å². The molecule has 1 atom stereocenters. The number of rotatable bonds is 14. The predicted octanol–water partition coefficient (Wildman–Crippen LogP) is 3.64. The van der Waals surface area contributed by atoms with Gasteiger partial charge in [-0.25, -0.2) is 4.98 Å². The van der Waals surface area contributed by atoms with Crippen LogP contribution in [0.5, 0.6) is 0 Å². The van der Waals surface area contributed by atoms with E-state index < -0.39 is 0 Å². The quantitative estimate of drug-likeness (QED) is 0.462. The third kappa shape index (κ3) is 6.87. The summed E-state index contributed by atoms with van der Waals surface area (Å²) in [5, 5.41) is 0.584. The number of methoxy groups -OCH3 is 1. The summed E-state index contributed by atoms with van der Waals surface area (Å²) in [4.78, 5) is 33.0. The third-order valence-electron chi connectivity index (χ3n) is 5.67. The van der Waals surface area contributed by atoms with Gasteiger partial charge in [-0.15, -0.1) is 0 Å². The van der Waals surface area contributed by atoms with E-state index in [-0.39, 0.29) is 17.5 Å². The smallest absolute Gasteiger partial charge is 0.261 e. The Hall–Kier alpha value is -2.25. The lowest BCUT2D eigenvalue weighted by molar-refractivity contribution is -0.133. The molecule has 0 aliphatic heterocycles. The zero-order valence-electron chi connectivity index (χ0n) is 19.3. The van der Waals surface area contributed by atoms with Gasteiger partial charge in [0.15, 0.2) is 0 Å². The molecule has 1 heterocycles. The monoisotopic (exact) mass is 430 g/mol. The van der Waals surface area contributed by atoms with Crippen LogP contribution in [0.1, 0.15) is 70.7 Å². The highest BCUT2D eigenvalue weighted by molar-refractivity contribution is 5.78. The highest BCUT2D eigenvalue weighted by atomic mass is 16.5. The zero-order chi connectivity index (χ0) is 22.6. The number of fused-ring (bicyclic) bond motifs is 1. The SMILES string of the molecule is CCCCC(=O)N(CCCCCCN)C(C)c1nc2ccccc2c(=O)n1CCOC. The molecule has 0 bridgehead atoms. The average Bonchev–Trinajstić information content (AvgIpc) is 2.78. The second kappa shape index (κ2) is 13.2. The summed E-state index contributed by atoms with van der Waals surface area (Å²) < 4.78 is 6.90. The van der Waals surface area contributed by atoms with Gasteiger partial charge in [0.25, 0.3) is 5.56 Å². The van der Waals surface area contributed by atoms with Crippen molar-refractivity contribution in [3.05, 3.63) is 40.4 Å². The standard InChI is InChI=1S/C24H38N4O3/c1-4-5-14-22(29)27(16-11-7-6-10-15-25)19(2)23-26-21-13-9-8-12-20(21)24(30)28(23)17-18-31-3/h8-9,12-13,19H,4-7,10-11,14-18,25H2,1-3H3. The van der Waals surface area contributed by atoms with Crippen molar-refractivity contribution >= 4 is 16.8 Å². The number of hydrogen-bond acceptors (Lipinski definition) is 5. The van der Waals surface area contributed by atoms with Gasteiger partial charge in [-0.05, 0) is 44.9 Å². The van der Waals surface area contributed by atoms with Crippen molar-refractivity contribution in [1.29, 1.82) is 0 Å². The summed E-state index contributed by atoms with van der Waals surface area (Å²) >= 11 is 0. The molecule has 0 spiro atoms. The number of hydrogen-bond donors (Lipinski definition) is 1. The number of benzene rings is 1. The fourth-order valence-corrected chi connectivity index (χ4v) is 3.83. The van der Waals surface area contributed by atoms with E-state index in [1.54, 1.807) is 17.7 Å². The number of nitrogens with zero attached hydrogens (tertiary/aromatic N) is 3. The van der Waals surface area contributed by atoms with Crippen LogP contribution in [0.25, 0.3) is 10.9 Å². The number of carbonyl (C=O) groups is 1. The second-order valence-corrected chi connectivity index (χ2v) is 8.01. The van der Waals surface area contributed by atoms with Crippen LogP contribution in [-0.4, -0.2) is 47.2 Å². The Bertz CT molecular complexity index is 881. The van der Waals surface area contributed by atoms with E-state index in [0.29, 0.717) is 49.4 Å². The van der Waals surface area contributed by atoms with Crippen LogP contribution in [0.15, 0.2) is 29.1 Å². The summed E-state index contributed by atoms with van der Waals surface area (Å²) in [5.41, 5.74) is 6.17. The number of amides is 1. The first-order valence-electron chi connectivity index (χ1n) is 11.5. The summed E-state index contributed by atoms with van der Waals surface area (Å²) in [6, 6.07) is 7.07. The fourth-order valence-electron chi connectivity index (χ4n) is 3.83. The minimum Gasteiger partial charge on any atom is -0.383 e. The van der Waals surface area contributed by atoms with Gasteiger partial charge in [0, 0.05) is 20.1 Å². The molecule has 2 N–H and O–H groups in total. The molecule has 7 heteroatoms. The Morgan fingerprint density at radius 2 is 1.94 bits per heavy atom. The molecule has 31 heavy (non-hydrogen) atoms. The molecule has 1 amide bonds. The van der Waals surface area contributed by atoms with Gasteiger partial charge in [-0.2, -0.15) is 0 Å². The Morgan fingerprint density at radius 1 is 1.19 bits per heavy atom. The van der Waals surface area contributed by atoms with Gasteiger partial charge >= 0.3 is 0 Å². The Balaban J connectivity index is 2.39. The van der Waals surface area contributed by atoms with E-state index in [1.165, 1.54) is 0 Å². The molecule has 0 aliphatic rings. The Morgan fingerprint density at radius 3 is 2.65 bits per heavy atom. The number of unbranched alkanes of at least 4 members (excludes halogenated alkanes) is 4. The van der Waals surface area contributed by atoms with E-state index in [1.807, 2.05) is 30.0 Å². The minimum absolute atomic E-state index is 0.0894. The predicted molar refractivity (Wildman–Crippen MR) is 125 cm³/mol. The van der Waals surface area contributed by atoms with Crippen molar-refractivity contribution in [3.8, 4) is 0 Å². The lowest BCUT2D eigenvalue weighted by Gasteiger charge is -2.31. The molecule has 2 aromatic rings. The van der Waals surface area contributed by atoms with E-state index in [4.69, 9.17) is 15.5 Å². The highest BCUT2D eigenvalue weighted by Crippen LogP contribution is 2.22. The van der Waals surface area contributed by atoms with Gasteiger partial charge in [0.2, 0.25) is 5.91 Å². The first kappa shape index (κ1) is 25.0. The third-order valence-corrected chi connectivity index (χ3v) is 5.67. The summed E-state index contributed by atoms with van der Waals surface area (Å²) in [7, 11) is 1.62. The Kier molecular flexibility index (Phi) is 10.7. The van der Waals surface area contributed by atoms with Crippen LogP contribution in [0.3, 0.4) is 0 Å². The number of aromatic nitrogens is 2. The molecule has 2 rings (SSSR count). The molecule has 0 aliphatic carbocycles. The Labute approximate surface area is 185 Å². The first-order chi connectivity index (χ1) is 15.0. The highest BCUT2D eigenvalue weighted by Gasteiger charge is 2.25. The zero-order valence-corrected chi connectivity index (χ0v) is 19.3. The molecule has 0 saturated carbocycles. The van der Waals surface area contributed by atoms with Gasteiger partial charge in [0.1, 0.15) is 5.82 Å². The normalized spacial score (nSPS) is 12.3. The van der Waals surface area contributed by atoms with Crippen LogP contribution in [0, 0.1) is 0 Å². The molecule has 0 saturated heterocycles.